The van der Waals surface area contributed by atoms with Gasteiger partial charge in [-0.2, -0.15) is 23.3 Å². The molecule has 3 aromatic rings. The molecule has 1 aliphatic rings. The molecule has 0 radical (unpaired) electrons. The van der Waals surface area contributed by atoms with Crippen LogP contribution in [0.1, 0.15) is 24.5 Å². The third kappa shape index (κ3) is 5.21. The van der Waals surface area contributed by atoms with Crippen LogP contribution in [0.5, 0.6) is 0 Å². The molecule has 1 atom stereocenters. The topological polar surface area (TPSA) is 79.2 Å². The molecule has 1 N–H and O–H groups in total. The Bertz CT molecular complexity index is 1260. The van der Waals surface area contributed by atoms with Gasteiger partial charge in [0.2, 0.25) is 11.9 Å². The van der Waals surface area contributed by atoms with E-state index in [1.54, 1.807) is 13.1 Å². The third-order valence-corrected chi connectivity index (χ3v) is 5.64. The highest BCUT2D eigenvalue weighted by atomic mass is 19.4. The fourth-order valence-electron chi connectivity index (χ4n) is 3.95. The van der Waals surface area contributed by atoms with Crippen molar-refractivity contribution in [2.75, 3.05) is 28.7 Å². The highest BCUT2D eigenvalue weighted by Crippen LogP contribution is 2.36. The number of hydrogen-bond donors (Lipinski definition) is 1. The SMILES string of the molecule is CC[C@H]1C(=O)N(C)c2cnc(NCc3cnn(Cc4cc(F)c(F)c(F)c4)c3)nc2N1CC(F)(F)F. The molecule has 36 heavy (non-hydrogen) atoms. The van der Waals surface area contributed by atoms with Gasteiger partial charge in [0.25, 0.3) is 0 Å². The molecule has 0 saturated carbocycles. The number of fused-ring (bicyclic) bond motifs is 1. The molecule has 0 saturated heterocycles. The first-order valence-electron chi connectivity index (χ1n) is 10.8. The van der Waals surface area contributed by atoms with E-state index in [1.807, 2.05) is 0 Å². The van der Waals surface area contributed by atoms with E-state index < -0.39 is 42.1 Å². The summed E-state index contributed by atoms with van der Waals surface area (Å²) in [6.45, 7) is 0.397. The molecular formula is C22H21F6N7O. The molecule has 192 valence electrons. The Morgan fingerprint density at radius 3 is 2.42 bits per heavy atom. The zero-order valence-corrected chi connectivity index (χ0v) is 19.2. The summed E-state index contributed by atoms with van der Waals surface area (Å²) in [7, 11) is 1.46. The van der Waals surface area contributed by atoms with Crippen LogP contribution in [0.25, 0.3) is 0 Å². The van der Waals surface area contributed by atoms with Gasteiger partial charge in [-0.25, -0.2) is 18.2 Å². The lowest BCUT2D eigenvalue weighted by atomic mass is 10.1. The van der Waals surface area contributed by atoms with E-state index in [0.717, 1.165) is 17.0 Å². The summed E-state index contributed by atoms with van der Waals surface area (Å²) >= 11 is 0. The standard InChI is InChI=1S/C22H21F6N7O/c1-3-16-20(36)33(2)17-8-30-21(32-19(17)35(16)11-22(26,27)28)29-6-13-7-31-34(10-13)9-12-4-14(23)18(25)15(24)5-12/h4-5,7-8,10,16H,3,6,9,11H2,1-2H3,(H,29,30,32)/t16-/m0/s1. The van der Waals surface area contributed by atoms with Gasteiger partial charge in [0.1, 0.15) is 18.3 Å². The van der Waals surface area contributed by atoms with E-state index in [4.69, 9.17) is 0 Å². The lowest BCUT2D eigenvalue weighted by Gasteiger charge is -2.40. The molecule has 0 bridgehead atoms. The zero-order chi connectivity index (χ0) is 26.2. The maximum absolute atomic E-state index is 13.4. The smallest absolute Gasteiger partial charge is 0.350 e. The van der Waals surface area contributed by atoms with E-state index in [9.17, 15) is 31.1 Å². The monoisotopic (exact) mass is 513 g/mol. The first kappa shape index (κ1) is 25.3. The second kappa shape index (κ2) is 9.66. The molecule has 2 aromatic heterocycles. The van der Waals surface area contributed by atoms with Crippen molar-refractivity contribution in [2.24, 2.45) is 0 Å². The second-order valence-electron chi connectivity index (χ2n) is 8.24. The average molecular weight is 513 g/mol. The van der Waals surface area contributed by atoms with Crippen LogP contribution >= 0.6 is 0 Å². The van der Waals surface area contributed by atoms with E-state index in [2.05, 4.69) is 20.4 Å². The molecule has 1 aromatic carbocycles. The van der Waals surface area contributed by atoms with Gasteiger partial charge < -0.3 is 15.1 Å². The summed E-state index contributed by atoms with van der Waals surface area (Å²) in [5.74, 6) is -4.62. The normalized spacial score (nSPS) is 15.9. The van der Waals surface area contributed by atoms with Gasteiger partial charge in [0, 0.05) is 25.4 Å². The van der Waals surface area contributed by atoms with E-state index >= 15 is 0 Å². The van der Waals surface area contributed by atoms with E-state index in [0.29, 0.717) is 5.56 Å². The van der Waals surface area contributed by atoms with E-state index in [1.165, 1.54) is 29.0 Å². The third-order valence-electron chi connectivity index (χ3n) is 5.64. The van der Waals surface area contributed by atoms with Crippen molar-refractivity contribution in [3.63, 3.8) is 0 Å². The maximum Gasteiger partial charge on any atom is 0.406 e. The van der Waals surface area contributed by atoms with Crippen LogP contribution in [-0.2, 0) is 17.9 Å². The molecule has 4 rings (SSSR count). The lowest BCUT2D eigenvalue weighted by molar-refractivity contribution is -0.126. The number of amides is 1. The number of benzene rings is 1. The first-order chi connectivity index (χ1) is 17.0. The number of aromatic nitrogens is 4. The molecule has 1 aliphatic heterocycles. The Balaban J connectivity index is 1.50. The Labute approximate surface area is 201 Å². The Kier molecular flexibility index (Phi) is 6.78. The fraction of sp³-hybridized carbons (Fsp3) is 0.364. The quantitative estimate of drug-likeness (QED) is 0.382. The van der Waals surface area contributed by atoms with Crippen LogP contribution in [0, 0.1) is 17.5 Å². The molecule has 8 nitrogen and oxygen atoms in total. The minimum atomic E-state index is -4.55. The summed E-state index contributed by atoms with van der Waals surface area (Å²) < 4.78 is 81.2. The lowest BCUT2D eigenvalue weighted by Crippen LogP contribution is -2.55. The largest absolute Gasteiger partial charge is 0.406 e. The summed E-state index contributed by atoms with van der Waals surface area (Å²) in [4.78, 5) is 23.1. The maximum atomic E-state index is 13.4. The van der Waals surface area contributed by atoms with Crippen molar-refractivity contribution >= 4 is 23.4 Å². The molecule has 0 fully saturated rings. The Morgan fingerprint density at radius 2 is 1.78 bits per heavy atom. The number of halogens is 6. The van der Waals surface area contributed by atoms with Crippen LogP contribution in [0.2, 0.25) is 0 Å². The van der Waals surface area contributed by atoms with Crippen molar-refractivity contribution in [2.45, 2.75) is 38.7 Å². The van der Waals surface area contributed by atoms with Crippen LogP contribution in [0.15, 0.2) is 30.7 Å². The van der Waals surface area contributed by atoms with Gasteiger partial charge in [-0.15, -0.1) is 0 Å². The summed E-state index contributed by atoms with van der Waals surface area (Å²) in [5, 5.41) is 6.99. The average Bonchev–Trinajstić information content (AvgIpc) is 3.26. The van der Waals surface area contributed by atoms with Gasteiger partial charge >= 0.3 is 6.18 Å². The summed E-state index contributed by atoms with van der Waals surface area (Å²) in [5.41, 5.74) is 0.942. The number of anilines is 3. The molecule has 3 heterocycles. The van der Waals surface area contributed by atoms with Crippen LogP contribution in [0.4, 0.5) is 43.8 Å². The fourth-order valence-corrected chi connectivity index (χ4v) is 3.95. The van der Waals surface area contributed by atoms with Gasteiger partial charge in [0.15, 0.2) is 23.3 Å². The molecule has 0 spiro atoms. The second-order valence-corrected chi connectivity index (χ2v) is 8.24. The molecule has 14 heteroatoms. The highest BCUT2D eigenvalue weighted by molar-refractivity contribution is 6.04. The Morgan fingerprint density at radius 1 is 1.08 bits per heavy atom. The predicted molar refractivity (Wildman–Crippen MR) is 118 cm³/mol. The van der Waals surface area contributed by atoms with Crippen molar-refractivity contribution in [3.8, 4) is 0 Å². The van der Waals surface area contributed by atoms with Crippen LogP contribution < -0.4 is 15.1 Å². The van der Waals surface area contributed by atoms with Crippen LogP contribution in [-0.4, -0.2) is 51.5 Å². The van der Waals surface area contributed by atoms with Gasteiger partial charge in [-0.05, 0) is 24.1 Å². The van der Waals surface area contributed by atoms with Gasteiger partial charge in [-0.3, -0.25) is 9.48 Å². The number of alkyl halides is 3. The van der Waals surface area contributed by atoms with Crippen molar-refractivity contribution in [1.29, 1.82) is 0 Å². The number of carbonyl (C=O) groups is 1. The Hall–Kier alpha value is -3.84. The minimum absolute atomic E-state index is 0.0187. The number of rotatable bonds is 7. The number of nitrogens with one attached hydrogen (secondary N) is 1. The number of likely N-dealkylation sites (N-methyl/N-ethyl adjacent to an activating group) is 1. The van der Waals surface area contributed by atoms with Crippen molar-refractivity contribution in [3.05, 3.63) is 59.3 Å². The van der Waals surface area contributed by atoms with Gasteiger partial charge in [0.05, 0.1) is 18.9 Å². The predicted octanol–water partition coefficient (Wildman–Crippen LogP) is 3.87. The van der Waals surface area contributed by atoms with Crippen molar-refractivity contribution in [1.82, 2.24) is 19.7 Å². The van der Waals surface area contributed by atoms with Crippen LogP contribution in [0.3, 0.4) is 0 Å². The number of nitrogens with zero attached hydrogens (tertiary/aromatic N) is 6. The number of hydrogen-bond acceptors (Lipinski definition) is 6. The summed E-state index contributed by atoms with van der Waals surface area (Å²) in [6, 6.07) is 0.722. The molecular weight excluding hydrogens is 492 g/mol. The molecule has 0 aliphatic carbocycles. The molecule has 1 amide bonds. The van der Waals surface area contributed by atoms with Gasteiger partial charge in [-0.1, -0.05) is 6.92 Å². The summed E-state index contributed by atoms with van der Waals surface area (Å²) in [6.07, 6.45) is -0.0764. The highest BCUT2D eigenvalue weighted by Gasteiger charge is 2.42. The minimum Gasteiger partial charge on any atom is -0.350 e. The zero-order valence-electron chi connectivity index (χ0n) is 19.2. The first-order valence-corrected chi connectivity index (χ1v) is 10.8. The molecule has 0 unspecified atom stereocenters. The van der Waals surface area contributed by atoms with E-state index in [-0.39, 0.29) is 42.5 Å². The van der Waals surface area contributed by atoms with Crippen molar-refractivity contribution < 1.29 is 31.1 Å². The number of carbonyl (C=O) groups excluding carboxylic acids is 1.